The molecule has 0 radical (unpaired) electrons. The Labute approximate surface area is 132 Å². The highest BCUT2D eigenvalue weighted by Gasteiger charge is 2.17. The van der Waals surface area contributed by atoms with Gasteiger partial charge in [-0.2, -0.15) is 0 Å². The molecule has 0 heterocycles. The minimum Gasteiger partial charge on any atom is -0.495 e. The van der Waals surface area contributed by atoms with Crippen LogP contribution < -0.4 is 4.74 Å². The molecule has 0 amide bonds. The Morgan fingerprint density at radius 2 is 1.82 bits per heavy atom. The third kappa shape index (κ3) is 4.18. The van der Waals surface area contributed by atoms with Crippen LogP contribution in [0.1, 0.15) is 11.1 Å². The van der Waals surface area contributed by atoms with Crippen LogP contribution in [0.4, 0.5) is 8.78 Å². The van der Waals surface area contributed by atoms with Crippen LogP contribution in [0.25, 0.3) is 0 Å². The van der Waals surface area contributed by atoms with E-state index in [9.17, 15) is 17.2 Å². The molecule has 0 saturated carbocycles. The van der Waals surface area contributed by atoms with Gasteiger partial charge in [-0.3, -0.25) is 0 Å². The molecule has 0 spiro atoms. The molecule has 118 valence electrons. The molecule has 7 heteroatoms. The average molecular weight is 347 g/mol. The van der Waals surface area contributed by atoms with Crippen molar-refractivity contribution in [1.29, 1.82) is 0 Å². The molecule has 0 unspecified atom stereocenters. The first-order chi connectivity index (χ1) is 10.3. The van der Waals surface area contributed by atoms with E-state index in [1.807, 2.05) is 0 Å². The van der Waals surface area contributed by atoms with Crippen molar-refractivity contribution in [2.75, 3.05) is 7.11 Å². The van der Waals surface area contributed by atoms with Crippen LogP contribution in [-0.4, -0.2) is 15.5 Å². The molecule has 0 aliphatic heterocycles. The lowest BCUT2D eigenvalue weighted by molar-refractivity contribution is 0.415. The fraction of sp³-hybridized carbons (Fsp3) is 0.200. The van der Waals surface area contributed by atoms with Crippen molar-refractivity contribution < 1.29 is 21.9 Å². The van der Waals surface area contributed by atoms with E-state index in [1.165, 1.54) is 13.2 Å². The van der Waals surface area contributed by atoms with E-state index < -0.39 is 27.2 Å². The van der Waals surface area contributed by atoms with Gasteiger partial charge in [0, 0.05) is 11.6 Å². The predicted molar refractivity (Wildman–Crippen MR) is 80.7 cm³/mol. The predicted octanol–water partition coefficient (Wildman–Crippen LogP) is 3.74. The Balaban J connectivity index is 2.19. The summed E-state index contributed by atoms with van der Waals surface area (Å²) in [5, 5.41) is 0.295. The molecule has 0 N–H and O–H groups in total. The van der Waals surface area contributed by atoms with Crippen molar-refractivity contribution >= 4 is 21.4 Å². The molecular weight excluding hydrogens is 334 g/mol. The first-order valence-electron chi connectivity index (χ1n) is 6.27. The molecule has 0 saturated heterocycles. The Hall–Kier alpha value is -1.66. The maximum Gasteiger partial charge on any atom is 0.158 e. The summed E-state index contributed by atoms with van der Waals surface area (Å²) in [6, 6.07) is 7.43. The highest BCUT2D eigenvalue weighted by atomic mass is 35.5. The van der Waals surface area contributed by atoms with Crippen molar-refractivity contribution in [2.45, 2.75) is 11.5 Å². The second-order valence-electron chi connectivity index (χ2n) is 4.74. The monoisotopic (exact) mass is 346 g/mol. The summed E-state index contributed by atoms with van der Waals surface area (Å²) in [6.07, 6.45) is 0. The van der Waals surface area contributed by atoms with Crippen LogP contribution in [0, 0.1) is 11.6 Å². The van der Waals surface area contributed by atoms with Crippen LogP contribution in [0.5, 0.6) is 5.75 Å². The molecular formula is C15H13ClF2O3S. The van der Waals surface area contributed by atoms with Gasteiger partial charge in [0.15, 0.2) is 9.84 Å². The number of hydrogen-bond acceptors (Lipinski definition) is 3. The Kier molecular flexibility index (Phi) is 5.03. The van der Waals surface area contributed by atoms with Crippen LogP contribution >= 0.6 is 11.6 Å². The van der Waals surface area contributed by atoms with Gasteiger partial charge in [-0.15, -0.1) is 0 Å². The Morgan fingerprint density at radius 3 is 2.41 bits per heavy atom. The Morgan fingerprint density at radius 1 is 1.09 bits per heavy atom. The van der Waals surface area contributed by atoms with E-state index in [2.05, 4.69) is 0 Å². The normalized spacial score (nSPS) is 11.5. The fourth-order valence-corrected chi connectivity index (χ4v) is 3.76. The molecule has 2 rings (SSSR count). The number of rotatable bonds is 5. The lowest BCUT2D eigenvalue weighted by Gasteiger charge is -2.08. The van der Waals surface area contributed by atoms with Crippen LogP contribution in [0.15, 0.2) is 36.4 Å². The second kappa shape index (κ2) is 6.62. The number of ether oxygens (including phenoxy) is 1. The van der Waals surface area contributed by atoms with Crippen molar-refractivity contribution in [1.82, 2.24) is 0 Å². The second-order valence-corrected chi connectivity index (χ2v) is 7.21. The van der Waals surface area contributed by atoms with Gasteiger partial charge < -0.3 is 4.74 Å². The molecule has 2 aromatic carbocycles. The van der Waals surface area contributed by atoms with E-state index in [0.29, 0.717) is 22.4 Å². The number of halogens is 3. The number of benzene rings is 2. The summed E-state index contributed by atoms with van der Waals surface area (Å²) in [5.74, 6) is -2.00. The molecule has 2 aromatic rings. The highest BCUT2D eigenvalue weighted by Crippen LogP contribution is 2.26. The maximum atomic E-state index is 13.5. The maximum absolute atomic E-state index is 13.5. The summed E-state index contributed by atoms with van der Waals surface area (Å²) < 4.78 is 55.6. The Bertz CT molecular complexity index is 791. The largest absolute Gasteiger partial charge is 0.495 e. The summed E-state index contributed by atoms with van der Waals surface area (Å²) in [6.45, 7) is 0. The molecule has 0 atom stereocenters. The summed E-state index contributed by atoms with van der Waals surface area (Å²) in [7, 11) is -2.17. The molecule has 0 bridgehead atoms. The summed E-state index contributed by atoms with van der Waals surface area (Å²) >= 11 is 5.94. The topological polar surface area (TPSA) is 43.4 Å². The molecule has 0 aliphatic rings. The van der Waals surface area contributed by atoms with E-state index >= 15 is 0 Å². The number of hydrogen-bond donors (Lipinski definition) is 0. The molecule has 0 aromatic heterocycles. The van der Waals surface area contributed by atoms with E-state index in [4.69, 9.17) is 16.3 Å². The van der Waals surface area contributed by atoms with Crippen LogP contribution in [0.2, 0.25) is 5.02 Å². The molecule has 3 nitrogen and oxygen atoms in total. The van der Waals surface area contributed by atoms with Crippen LogP contribution in [-0.2, 0) is 21.3 Å². The van der Waals surface area contributed by atoms with Crippen molar-refractivity contribution in [3.63, 3.8) is 0 Å². The third-order valence-corrected chi connectivity index (χ3v) is 4.81. The zero-order valence-corrected chi connectivity index (χ0v) is 13.2. The average Bonchev–Trinajstić information content (AvgIpc) is 2.42. The van der Waals surface area contributed by atoms with E-state index in [-0.39, 0.29) is 11.3 Å². The molecule has 0 aliphatic carbocycles. The zero-order chi connectivity index (χ0) is 16.3. The SMILES string of the molecule is COc1ccc(CS(=O)(=O)Cc2ccc(F)cc2F)cc1Cl. The lowest BCUT2D eigenvalue weighted by atomic mass is 10.2. The molecule has 22 heavy (non-hydrogen) atoms. The summed E-state index contributed by atoms with van der Waals surface area (Å²) in [4.78, 5) is 0. The first-order valence-corrected chi connectivity index (χ1v) is 8.47. The van der Waals surface area contributed by atoms with Gasteiger partial charge in [-0.05, 0) is 23.8 Å². The number of sulfone groups is 1. The zero-order valence-electron chi connectivity index (χ0n) is 11.6. The van der Waals surface area contributed by atoms with Gasteiger partial charge in [0.1, 0.15) is 17.4 Å². The van der Waals surface area contributed by atoms with Gasteiger partial charge in [-0.1, -0.05) is 23.7 Å². The van der Waals surface area contributed by atoms with Crippen molar-refractivity contribution in [3.8, 4) is 5.75 Å². The quantitative estimate of drug-likeness (QED) is 0.828. The van der Waals surface area contributed by atoms with Crippen molar-refractivity contribution in [2.24, 2.45) is 0 Å². The standard InChI is InChI=1S/C15H13ClF2O3S/c1-21-15-5-2-10(6-13(15)16)8-22(19,20)9-11-3-4-12(17)7-14(11)18/h2-7H,8-9H2,1H3. The van der Waals surface area contributed by atoms with Gasteiger partial charge in [-0.25, -0.2) is 17.2 Å². The third-order valence-electron chi connectivity index (χ3n) is 2.99. The van der Waals surface area contributed by atoms with Gasteiger partial charge >= 0.3 is 0 Å². The number of methoxy groups -OCH3 is 1. The molecule has 0 fully saturated rings. The minimum absolute atomic E-state index is 0.0685. The lowest BCUT2D eigenvalue weighted by Crippen LogP contribution is -2.09. The van der Waals surface area contributed by atoms with Gasteiger partial charge in [0.25, 0.3) is 0 Å². The minimum atomic E-state index is -3.62. The van der Waals surface area contributed by atoms with E-state index in [0.717, 1.165) is 12.1 Å². The summed E-state index contributed by atoms with van der Waals surface area (Å²) in [5.41, 5.74) is 0.398. The first kappa shape index (κ1) is 16.7. The highest BCUT2D eigenvalue weighted by molar-refractivity contribution is 7.89. The van der Waals surface area contributed by atoms with Gasteiger partial charge in [0.05, 0.1) is 23.6 Å². The van der Waals surface area contributed by atoms with E-state index in [1.54, 1.807) is 12.1 Å². The van der Waals surface area contributed by atoms with Crippen molar-refractivity contribution in [3.05, 3.63) is 64.2 Å². The fourth-order valence-electron chi connectivity index (χ4n) is 1.98. The van der Waals surface area contributed by atoms with Crippen LogP contribution in [0.3, 0.4) is 0 Å². The van der Waals surface area contributed by atoms with Gasteiger partial charge in [0.2, 0.25) is 0 Å². The smallest absolute Gasteiger partial charge is 0.158 e.